The number of hydrogen-bond acceptors (Lipinski definition) is 4. The van der Waals surface area contributed by atoms with Crippen LogP contribution in [0.5, 0.6) is 0 Å². The van der Waals surface area contributed by atoms with Crippen molar-refractivity contribution in [3.8, 4) is 0 Å². The van der Waals surface area contributed by atoms with Gasteiger partial charge in [0, 0.05) is 13.6 Å². The number of anilines is 2. The quantitative estimate of drug-likeness (QED) is 0.836. The fourth-order valence-corrected chi connectivity index (χ4v) is 2.04. The molecule has 0 radical (unpaired) electrons. The van der Waals surface area contributed by atoms with Crippen molar-refractivity contribution in [1.29, 1.82) is 0 Å². The van der Waals surface area contributed by atoms with Gasteiger partial charge < -0.3 is 10.6 Å². The van der Waals surface area contributed by atoms with Gasteiger partial charge >= 0.3 is 0 Å². The van der Waals surface area contributed by atoms with E-state index in [1.807, 2.05) is 36.0 Å². The molecule has 1 aromatic carbocycles. The van der Waals surface area contributed by atoms with E-state index in [1.54, 1.807) is 6.33 Å². The maximum Gasteiger partial charge on any atom is 0.146 e. The highest BCUT2D eigenvalue weighted by Crippen LogP contribution is 2.22. The van der Waals surface area contributed by atoms with E-state index in [9.17, 15) is 0 Å². The fourth-order valence-electron chi connectivity index (χ4n) is 2.04. The van der Waals surface area contributed by atoms with Crippen LogP contribution in [0.25, 0.3) is 0 Å². The summed E-state index contributed by atoms with van der Waals surface area (Å²) in [4.78, 5) is 6.43. The minimum atomic E-state index is 0.549. The van der Waals surface area contributed by atoms with Gasteiger partial charge in [0.25, 0.3) is 0 Å². The molecule has 102 valence electrons. The molecule has 2 aromatic rings. The van der Waals surface area contributed by atoms with E-state index in [-0.39, 0.29) is 0 Å². The summed E-state index contributed by atoms with van der Waals surface area (Å²) in [6.07, 6.45) is 1.61. The molecule has 0 saturated carbocycles. The second-order valence-electron chi connectivity index (χ2n) is 5.17. The Hall–Kier alpha value is -2.04. The minimum Gasteiger partial charge on any atom is -0.397 e. The third-order valence-electron chi connectivity index (χ3n) is 2.96. The molecular weight excluding hydrogens is 238 g/mol. The number of para-hydroxylation sites is 2. The molecule has 0 aliphatic carbocycles. The predicted octanol–water partition coefficient (Wildman–Crippen LogP) is 2.15. The van der Waals surface area contributed by atoms with E-state index in [1.165, 1.54) is 0 Å². The second-order valence-corrected chi connectivity index (χ2v) is 5.17. The van der Waals surface area contributed by atoms with Gasteiger partial charge in [-0.2, -0.15) is 5.10 Å². The van der Waals surface area contributed by atoms with Gasteiger partial charge in [-0.05, 0) is 18.1 Å². The summed E-state index contributed by atoms with van der Waals surface area (Å²) in [5, 5.41) is 4.27. The average Bonchev–Trinajstić information content (AvgIpc) is 2.76. The Labute approximate surface area is 114 Å². The van der Waals surface area contributed by atoms with Crippen molar-refractivity contribution in [3.05, 3.63) is 36.4 Å². The third-order valence-corrected chi connectivity index (χ3v) is 2.96. The van der Waals surface area contributed by atoms with E-state index in [0.717, 1.165) is 23.7 Å². The van der Waals surface area contributed by atoms with Gasteiger partial charge in [-0.25, -0.2) is 9.67 Å². The molecule has 0 aliphatic rings. The molecule has 1 aromatic heterocycles. The molecular formula is C14H21N5. The van der Waals surface area contributed by atoms with E-state index >= 15 is 0 Å². The molecule has 0 spiro atoms. The van der Waals surface area contributed by atoms with Crippen molar-refractivity contribution in [1.82, 2.24) is 14.8 Å². The van der Waals surface area contributed by atoms with Gasteiger partial charge in [0.2, 0.25) is 0 Å². The molecule has 0 bridgehead atoms. The van der Waals surface area contributed by atoms with Crippen LogP contribution in [0.3, 0.4) is 0 Å². The smallest absolute Gasteiger partial charge is 0.146 e. The molecule has 2 N–H and O–H groups in total. The van der Waals surface area contributed by atoms with E-state index < -0.39 is 0 Å². The summed E-state index contributed by atoms with van der Waals surface area (Å²) in [5.74, 6) is 1.51. The molecule has 1 heterocycles. The monoisotopic (exact) mass is 259 g/mol. The zero-order valence-electron chi connectivity index (χ0n) is 11.7. The lowest BCUT2D eigenvalue weighted by Gasteiger charge is -2.21. The van der Waals surface area contributed by atoms with Crippen LogP contribution in [-0.4, -0.2) is 21.8 Å². The summed E-state index contributed by atoms with van der Waals surface area (Å²) in [7, 11) is 2.01. The number of benzene rings is 1. The zero-order valence-corrected chi connectivity index (χ0v) is 11.7. The van der Waals surface area contributed by atoms with Crippen LogP contribution in [0.2, 0.25) is 0 Å². The number of hydrogen-bond donors (Lipinski definition) is 1. The first-order valence-corrected chi connectivity index (χ1v) is 6.50. The highest BCUT2D eigenvalue weighted by Gasteiger charge is 2.11. The topological polar surface area (TPSA) is 60.0 Å². The Kier molecular flexibility index (Phi) is 4.04. The third kappa shape index (κ3) is 3.24. The van der Waals surface area contributed by atoms with Crippen molar-refractivity contribution in [3.63, 3.8) is 0 Å². The Morgan fingerprint density at radius 2 is 2.05 bits per heavy atom. The van der Waals surface area contributed by atoms with Gasteiger partial charge in [-0.1, -0.05) is 26.0 Å². The van der Waals surface area contributed by atoms with Gasteiger partial charge in [0.1, 0.15) is 12.2 Å². The summed E-state index contributed by atoms with van der Waals surface area (Å²) in [5.41, 5.74) is 7.78. The van der Waals surface area contributed by atoms with E-state index in [2.05, 4.69) is 28.8 Å². The van der Waals surface area contributed by atoms with Crippen LogP contribution >= 0.6 is 0 Å². The Bertz CT molecular complexity index is 532. The number of nitrogens with zero attached hydrogens (tertiary/aromatic N) is 4. The first kappa shape index (κ1) is 13.4. The lowest BCUT2D eigenvalue weighted by Crippen LogP contribution is -2.22. The van der Waals surface area contributed by atoms with Gasteiger partial charge in [0.05, 0.1) is 17.9 Å². The van der Waals surface area contributed by atoms with Crippen molar-refractivity contribution < 1.29 is 0 Å². The Morgan fingerprint density at radius 3 is 2.74 bits per heavy atom. The van der Waals surface area contributed by atoms with Gasteiger partial charge in [0.15, 0.2) is 0 Å². The maximum absolute atomic E-state index is 5.98. The van der Waals surface area contributed by atoms with Crippen LogP contribution < -0.4 is 10.6 Å². The zero-order chi connectivity index (χ0) is 13.8. The molecule has 0 atom stereocenters. The van der Waals surface area contributed by atoms with Crippen molar-refractivity contribution in [2.75, 3.05) is 17.7 Å². The SMILES string of the molecule is CC(C)Cn1ncnc1CN(C)c1ccccc1N. The number of nitrogens with two attached hydrogens (primary N) is 1. The first-order valence-electron chi connectivity index (χ1n) is 6.50. The largest absolute Gasteiger partial charge is 0.397 e. The molecule has 5 heteroatoms. The van der Waals surface area contributed by atoms with Crippen molar-refractivity contribution in [2.45, 2.75) is 26.9 Å². The van der Waals surface area contributed by atoms with Crippen LogP contribution in [0.15, 0.2) is 30.6 Å². The summed E-state index contributed by atoms with van der Waals surface area (Å²) < 4.78 is 1.96. The lowest BCUT2D eigenvalue weighted by atomic mass is 10.2. The number of rotatable bonds is 5. The Morgan fingerprint density at radius 1 is 1.32 bits per heavy atom. The fraction of sp³-hybridized carbons (Fsp3) is 0.429. The molecule has 0 saturated heterocycles. The average molecular weight is 259 g/mol. The number of aromatic nitrogens is 3. The molecule has 5 nitrogen and oxygen atoms in total. The van der Waals surface area contributed by atoms with Crippen LogP contribution in [-0.2, 0) is 13.1 Å². The van der Waals surface area contributed by atoms with Crippen LogP contribution in [0.4, 0.5) is 11.4 Å². The van der Waals surface area contributed by atoms with Crippen molar-refractivity contribution >= 4 is 11.4 Å². The summed E-state index contributed by atoms with van der Waals surface area (Å²) in [6, 6.07) is 7.85. The first-order chi connectivity index (χ1) is 9.08. The summed E-state index contributed by atoms with van der Waals surface area (Å²) >= 11 is 0. The van der Waals surface area contributed by atoms with Crippen molar-refractivity contribution in [2.24, 2.45) is 5.92 Å². The molecule has 0 aliphatic heterocycles. The predicted molar refractivity (Wildman–Crippen MR) is 77.8 cm³/mol. The highest BCUT2D eigenvalue weighted by atomic mass is 15.3. The van der Waals surface area contributed by atoms with Crippen LogP contribution in [0, 0.1) is 5.92 Å². The highest BCUT2D eigenvalue weighted by molar-refractivity contribution is 5.66. The number of nitrogen functional groups attached to an aromatic ring is 1. The van der Waals surface area contributed by atoms with Gasteiger partial charge in [-0.15, -0.1) is 0 Å². The van der Waals surface area contributed by atoms with E-state index in [4.69, 9.17) is 5.73 Å². The van der Waals surface area contributed by atoms with Crippen LogP contribution in [0.1, 0.15) is 19.7 Å². The molecule has 19 heavy (non-hydrogen) atoms. The second kappa shape index (κ2) is 5.73. The van der Waals surface area contributed by atoms with Gasteiger partial charge in [-0.3, -0.25) is 0 Å². The summed E-state index contributed by atoms with van der Waals surface area (Å²) in [6.45, 7) is 5.92. The minimum absolute atomic E-state index is 0.549. The normalized spacial score (nSPS) is 10.9. The standard InChI is InChI=1S/C14H21N5/c1-11(2)8-19-14(16-10-17-19)9-18(3)13-7-5-4-6-12(13)15/h4-7,10-11H,8-9,15H2,1-3H3. The molecule has 0 amide bonds. The maximum atomic E-state index is 5.98. The molecule has 0 fully saturated rings. The lowest BCUT2D eigenvalue weighted by molar-refractivity contribution is 0.465. The Balaban J connectivity index is 2.13. The van der Waals surface area contributed by atoms with E-state index in [0.29, 0.717) is 12.5 Å². The molecule has 2 rings (SSSR count). The molecule has 0 unspecified atom stereocenters.